The van der Waals surface area contributed by atoms with Crippen LogP contribution in [0.3, 0.4) is 0 Å². The quantitative estimate of drug-likeness (QED) is 0.732. The second-order valence-corrected chi connectivity index (χ2v) is 5.97. The van der Waals surface area contributed by atoms with Crippen molar-refractivity contribution in [3.8, 4) is 0 Å². The Morgan fingerprint density at radius 1 is 1.00 bits per heavy atom. The molecule has 2 aromatic carbocycles. The van der Waals surface area contributed by atoms with Crippen molar-refractivity contribution in [2.75, 3.05) is 11.9 Å². The molecule has 1 atom stereocenters. The van der Waals surface area contributed by atoms with E-state index >= 15 is 0 Å². The van der Waals surface area contributed by atoms with Gasteiger partial charge in [-0.25, -0.2) is 0 Å². The van der Waals surface area contributed by atoms with E-state index in [2.05, 4.69) is 24.5 Å². The average Bonchev–Trinajstić information content (AvgIpc) is 2.56. The number of benzene rings is 2. The van der Waals surface area contributed by atoms with Gasteiger partial charge in [0.1, 0.15) is 0 Å². The summed E-state index contributed by atoms with van der Waals surface area (Å²) in [4.78, 5) is 23.6. The van der Waals surface area contributed by atoms with Gasteiger partial charge >= 0.3 is 0 Å². The summed E-state index contributed by atoms with van der Waals surface area (Å²) in [5, 5.41) is 6.01. The van der Waals surface area contributed by atoms with Crippen LogP contribution in [0.5, 0.6) is 0 Å². The summed E-state index contributed by atoms with van der Waals surface area (Å²) >= 11 is 0. The van der Waals surface area contributed by atoms with Gasteiger partial charge in [-0.1, -0.05) is 56.3 Å². The van der Waals surface area contributed by atoms with Crippen molar-refractivity contribution in [1.29, 1.82) is 0 Å². The van der Waals surface area contributed by atoms with E-state index in [1.807, 2.05) is 30.3 Å². The molecule has 5 heteroatoms. The maximum Gasteiger partial charge on any atom is 0.250 e. The standard InChI is InChI=1S/C19H23N3O2/c1-13(2)18(14-8-4-3-5-9-14)21-12-17(23)22-16-11-7-6-10-15(16)19(20)24/h3-11,13,18,21H,12H2,1-2H3,(H2,20,24)(H,22,23)/t18-/m1/s1. The summed E-state index contributed by atoms with van der Waals surface area (Å²) in [5.41, 5.74) is 7.19. The molecule has 24 heavy (non-hydrogen) atoms. The molecule has 0 aliphatic rings. The SMILES string of the molecule is CC(C)[C@@H](NCC(=O)Nc1ccccc1C(N)=O)c1ccccc1. The molecule has 0 radical (unpaired) electrons. The fraction of sp³-hybridized carbons (Fsp3) is 0.263. The first-order chi connectivity index (χ1) is 11.5. The highest BCUT2D eigenvalue weighted by atomic mass is 16.2. The molecule has 2 aromatic rings. The second kappa shape index (κ2) is 8.26. The zero-order chi connectivity index (χ0) is 17.5. The fourth-order valence-corrected chi connectivity index (χ4v) is 2.60. The van der Waals surface area contributed by atoms with Crippen LogP contribution in [0, 0.1) is 5.92 Å². The van der Waals surface area contributed by atoms with E-state index in [0.29, 0.717) is 17.2 Å². The third-order valence-corrected chi connectivity index (χ3v) is 3.77. The lowest BCUT2D eigenvalue weighted by Gasteiger charge is -2.23. The number of rotatable bonds is 7. The highest BCUT2D eigenvalue weighted by Crippen LogP contribution is 2.21. The van der Waals surface area contributed by atoms with Gasteiger partial charge in [-0.05, 0) is 23.6 Å². The Hall–Kier alpha value is -2.66. The van der Waals surface area contributed by atoms with Gasteiger partial charge in [0.05, 0.1) is 17.8 Å². The van der Waals surface area contributed by atoms with Crippen LogP contribution in [0.1, 0.15) is 35.8 Å². The van der Waals surface area contributed by atoms with Crippen LogP contribution in [0.2, 0.25) is 0 Å². The molecule has 0 fully saturated rings. The smallest absolute Gasteiger partial charge is 0.250 e. The minimum Gasteiger partial charge on any atom is -0.366 e. The topological polar surface area (TPSA) is 84.2 Å². The minimum atomic E-state index is -0.566. The van der Waals surface area contributed by atoms with Gasteiger partial charge in [-0.2, -0.15) is 0 Å². The van der Waals surface area contributed by atoms with Crippen molar-refractivity contribution < 1.29 is 9.59 Å². The number of carbonyl (C=O) groups excluding carboxylic acids is 2. The van der Waals surface area contributed by atoms with Crippen LogP contribution in [0.4, 0.5) is 5.69 Å². The number of hydrogen-bond acceptors (Lipinski definition) is 3. The maximum atomic E-state index is 12.2. The van der Waals surface area contributed by atoms with Crippen molar-refractivity contribution >= 4 is 17.5 Å². The van der Waals surface area contributed by atoms with E-state index in [1.165, 1.54) is 0 Å². The lowest BCUT2D eigenvalue weighted by molar-refractivity contribution is -0.115. The van der Waals surface area contributed by atoms with Crippen molar-refractivity contribution in [3.63, 3.8) is 0 Å². The number of amides is 2. The molecule has 4 N–H and O–H groups in total. The largest absolute Gasteiger partial charge is 0.366 e. The third-order valence-electron chi connectivity index (χ3n) is 3.77. The monoisotopic (exact) mass is 325 g/mol. The molecule has 0 aliphatic heterocycles. The first kappa shape index (κ1) is 17.7. The molecule has 0 spiro atoms. The molecule has 2 rings (SSSR count). The second-order valence-electron chi connectivity index (χ2n) is 5.97. The first-order valence-corrected chi connectivity index (χ1v) is 7.96. The Labute approximate surface area is 142 Å². The highest BCUT2D eigenvalue weighted by Gasteiger charge is 2.17. The number of para-hydroxylation sites is 1. The molecular formula is C19H23N3O2. The minimum absolute atomic E-state index is 0.0725. The number of primary amides is 1. The number of carbonyl (C=O) groups is 2. The van der Waals surface area contributed by atoms with Gasteiger partial charge in [-0.15, -0.1) is 0 Å². The predicted octanol–water partition coefficient (Wildman–Crippen LogP) is 2.71. The summed E-state index contributed by atoms with van der Waals surface area (Å²) in [6.45, 7) is 4.35. The Bertz CT molecular complexity index is 699. The van der Waals surface area contributed by atoms with E-state index in [-0.39, 0.29) is 18.5 Å². The summed E-state index contributed by atoms with van der Waals surface area (Å²) in [7, 11) is 0. The van der Waals surface area contributed by atoms with Crippen LogP contribution >= 0.6 is 0 Å². The Morgan fingerprint density at radius 3 is 2.25 bits per heavy atom. The lowest BCUT2D eigenvalue weighted by atomic mass is 9.96. The van der Waals surface area contributed by atoms with Crippen molar-refractivity contribution in [2.45, 2.75) is 19.9 Å². The maximum absolute atomic E-state index is 12.2. The molecule has 0 unspecified atom stereocenters. The van der Waals surface area contributed by atoms with E-state index in [4.69, 9.17) is 5.73 Å². The predicted molar refractivity (Wildman–Crippen MR) is 95.6 cm³/mol. The number of anilines is 1. The summed E-state index contributed by atoms with van der Waals surface area (Å²) in [6.07, 6.45) is 0. The highest BCUT2D eigenvalue weighted by molar-refractivity contribution is 6.03. The summed E-state index contributed by atoms with van der Waals surface area (Å²) < 4.78 is 0. The molecule has 0 heterocycles. The Morgan fingerprint density at radius 2 is 1.62 bits per heavy atom. The molecule has 2 amide bonds. The lowest BCUT2D eigenvalue weighted by Crippen LogP contribution is -2.34. The van der Waals surface area contributed by atoms with Crippen LogP contribution in [0.25, 0.3) is 0 Å². The number of nitrogens with two attached hydrogens (primary N) is 1. The van der Waals surface area contributed by atoms with Crippen molar-refractivity contribution in [1.82, 2.24) is 5.32 Å². The van der Waals surface area contributed by atoms with Crippen molar-refractivity contribution in [3.05, 3.63) is 65.7 Å². The Kier molecular flexibility index (Phi) is 6.09. The van der Waals surface area contributed by atoms with Gasteiger partial charge in [0.25, 0.3) is 5.91 Å². The van der Waals surface area contributed by atoms with E-state index in [9.17, 15) is 9.59 Å². The molecular weight excluding hydrogens is 302 g/mol. The molecule has 0 bridgehead atoms. The van der Waals surface area contributed by atoms with Crippen LogP contribution in [-0.2, 0) is 4.79 Å². The summed E-state index contributed by atoms with van der Waals surface area (Å²) in [5.74, 6) is -0.452. The zero-order valence-corrected chi connectivity index (χ0v) is 14.0. The van der Waals surface area contributed by atoms with E-state index in [0.717, 1.165) is 5.56 Å². The first-order valence-electron chi connectivity index (χ1n) is 7.96. The van der Waals surface area contributed by atoms with Gasteiger partial charge in [0.2, 0.25) is 5.91 Å². The normalized spacial score (nSPS) is 12.0. The van der Waals surface area contributed by atoms with Crippen LogP contribution in [-0.4, -0.2) is 18.4 Å². The molecule has 0 aromatic heterocycles. The number of nitrogens with one attached hydrogen (secondary N) is 2. The van der Waals surface area contributed by atoms with Crippen LogP contribution in [0.15, 0.2) is 54.6 Å². The van der Waals surface area contributed by atoms with Crippen LogP contribution < -0.4 is 16.4 Å². The molecule has 126 valence electrons. The molecule has 0 saturated carbocycles. The third kappa shape index (κ3) is 4.67. The number of hydrogen-bond donors (Lipinski definition) is 3. The molecule has 0 aliphatic carbocycles. The van der Waals surface area contributed by atoms with Gasteiger partial charge < -0.3 is 16.4 Å². The van der Waals surface area contributed by atoms with E-state index in [1.54, 1.807) is 24.3 Å². The molecule has 0 saturated heterocycles. The van der Waals surface area contributed by atoms with Gasteiger partial charge in [0.15, 0.2) is 0 Å². The summed E-state index contributed by atoms with van der Waals surface area (Å²) in [6, 6.07) is 16.8. The van der Waals surface area contributed by atoms with Crippen molar-refractivity contribution in [2.24, 2.45) is 11.7 Å². The van der Waals surface area contributed by atoms with Gasteiger partial charge in [0, 0.05) is 6.04 Å². The molecule has 5 nitrogen and oxygen atoms in total. The average molecular weight is 325 g/mol. The van der Waals surface area contributed by atoms with Gasteiger partial charge in [-0.3, -0.25) is 9.59 Å². The Balaban J connectivity index is 2.01. The van der Waals surface area contributed by atoms with E-state index < -0.39 is 5.91 Å². The fourth-order valence-electron chi connectivity index (χ4n) is 2.60. The zero-order valence-electron chi connectivity index (χ0n) is 14.0.